The van der Waals surface area contributed by atoms with Crippen molar-refractivity contribution in [1.82, 2.24) is 0 Å². The van der Waals surface area contributed by atoms with Gasteiger partial charge in [0.05, 0.1) is 10.6 Å². The number of halogens is 1. The second kappa shape index (κ2) is 5.47. The molecule has 3 rings (SSSR count). The predicted octanol–water partition coefficient (Wildman–Crippen LogP) is 3.89. The Hall–Kier alpha value is -1.32. The Kier molecular flexibility index (Phi) is 3.80. The third kappa shape index (κ3) is 2.49. The van der Waals surface area contributed by atoms with Gasteiger partial charge in [0.2, 0.25) is 0 Å². The first-order chi connectivity index (χ1) is 10.0. The van der Waals surface area contributed by atoms with Gasteiger partial charge in [0, 0.05) is 17.7 Å². The van der Waals surface area contributed by atoms with Gasteiger partial charge in [0.15, 0.2) is 9.84 Å². The van der Waals surface area contributed by atoms with E-state index in [-0.39, 0.29) is 17.6 Å². The van der Waals surface area contributed by atoms with Crippen LogP contribution in [0.15, 0.2) is 53.4 Å². The maximum absolute atomic E-state index is 12.4. The van der Waals surface area contributed by atoms with Crippen molar-refractivity contribution in [1.29, 1.82) is 0 Å². The number of hydrogen-bond acceptors (Lipinski definition) is 2. The van der Waals surface area contributed by atoms with E-state index in [4.69, 9.17) is 11.6 Å². The third-order valence-electron chi connectivity index (χ3n) is 4.29. The summed E-state index contributed by atoms with van der Waals surface area (Å²) in [5, 5.41) is 0. The highest BCUT2D eigenvalue weighted by atomic mass is 35.5. The summed E-state index contributed by atoms with van der Waals surface area (Å²) >= 11 is 6.22. The van der Waals surface area contributed by atoms with Crippen LogP contribution in [0.5, 0.6) is 0 Å². The molecule has 0 aliphatic carbocycles. The summed E-state index contributed by atoms with van der Waals surface area (Å²) in [6, 6.07) is 15.4. The lowest BCUT2D eigenvalue weighted by Gasteiger charge is -2.23. The first kappa shape index (κ1) is 14.6. The zero-order valence-electron chi connectivity index (χ0n) is 11.8. The summed E-state index contributed by atoms with van der Waals surface area (Å²) in [5.74, 6) is 0.522. The maximum Gasteiger partial charge on any atom is 0.179 e. The molecule has 0 N–H and O–H groups in total. The molecule has 2 nitrogen and oxygen atoms in total. The molecular weight excluding hydrogens is 304 g/mol. The Balaban J connectivity index is 2.10. The summed E-state index contributed by atoms with van der Waals surface area (Å²) in [6.07, 6.45) is 0. The molecule has 0 aromatic heterocycles. The molecule has 1 aliphatic heterocycles. The molecule has 0 amide bonds. The minimum Gasteiger partial charge on any atom is -0.224 e. The minimum absolute atomic E-state index is 0.0197. The van der Waals surface area contributed by atoms with Crippen LogP contribution in [0, 0.1) is 6.92 Å². The lowest BCUT2D eigenvalue weighted by Crippen LogP contribution is -2.16. The molecule has 0 radical (unpaired) electrons. The normalized spacial score (nSPS) is 21.0. The van der Waals surface area contributed by atoms with E-state index in [1.165, 1.54) is 0 Å². The summed E-state index contributed by atoms with van der Waals surface area (Å²) in [7, 11) is -3.19. The standard InChI is InChI=1S/C17H17ClO2S/c1-12-6-2-3-7-13(12)15(10-18)16-11-21(19,20)17-9-5-4-8-14(16)17/h2-9,15-16H,10-11H2,1H3. The molecule has 2 unspecified atom stereocenters. The van der Waals surface area contributed by atoms with Crippen LogP contribution in [-0.4, -0.2) is 20.1 Å². The fourth-order valence-electron chi connectivity index (χ4n) is 3.23. The van der Waals surface area contributed by atoms with Gasteiger partial charge in [-0.2, -0.15) is 0 Å². The lowest BCUT2D eigenvalue weighted by molar-refractivity contribution is 0.587. The fourth-order valence-corrected chi connectivity index (χ4v) is 5.54. The smallest absolute Gasteiger partial charge is 0.179 e. The number of aryl methyl sites for hydroxylation is 1. The fraction of sp³-hybridized carbons (Fsp3) is 0.294. The molecule has 0 saturated heterocycles. The monoisotopic (exact) mass is 320 g/mol. The quantitative estimate of drug-likeness (QED) is 0.804. The lowest BCUT2D eigenvalue weighted by atomic mass is 9.82. The molecule has 0 spiro atoms. The van der Waals surface area contributed by atoms with Crippen molar-refractivity contribution in [2.75, 3.05) is 11.6 Å². The van der Waals surface area contributed by atoms with Gasteiger partial charge in [-0.1, -0.05) is 42.5 Å². The number of benzene rings is 2. The molecular formula is C17H17ClO2S. The van der Waals surface area contributed by atoms with Crippen LogP contribution < -0.4 is 0 Å². The van der Waals surface area contributed by atoms with E-state index in [0.717, 1.165) is 16.7 Å². The average Bonchev–Trinajstić information content (AvgIpc) is 2.74. The number of rotatable bonds is 3. The Labute approximate surface area is 130 Å². The zero-order chi connectivity index (χ0) is 15.0. The van der Waals surface area contributed by atoms with Gasteiger partial charge in [0.1, 0.15) is 0 Å². The van der Waals surface area contributed by atoms with Crippen LogP contribution in [-0.2, 0) is 9.84 Å². The highest BCUT2D eigenvalue weighted by Crippen LogP contribution is 2.44. The minimum atomic E-state index is -3.19. The van der Waals surface area contributed by atoms with Crippen LogP contribution in [0.2, 0.25) is 0 Å². The number of fused-ring (bicyclic) bond motifs is 1. The molecule has 2 aromatic rings. The van der Waals surface area contributed by atoms with Crippen LogP contribution in [0.25, 0.3) is 0 Å². The Bertz CT molecular complexity index is 768. The molecule has 0 bridgehead atoms. The molecule has 2 atom stereocenters. The van der Waals surface area contributed by atoms with Gasteiger partial charge in [-0.25, -0.2) is 8.42 Å². The van der Waals surface area contributed by atoms with Crippen LogP contribution >= 0.6 is 11.6 Å². The van der Waals surface area contributed by atoms with Crippen LogP contribution in [0.4, 0.5) is 0 Å². The van der Waals surface area contributed by atoms with Crippen LogP contribution in [0.1, 0.15) is 28.5 Å². The Morgan fingerprint density at radius 2 is 1.81 bits per heavy atom. The molecule has 2 aromatic carbocycles. The number of hydrogen-bond donors (Lipinski definition) is 0. The summed E-state index contributed by atoms with van der Waals surface area (Å²) in [5.41, 5.74) is 3.21. The van der Waals surface area contributed by atoms with Gasteiger partial charge >= 0.3 is 0 Å². The van der Waals surface area contributed by atoms with E-state index < -0.39 is 9.84 Å². The number of alkyl halides is 1. The van der Waals surface area contributed by atoms with E-state index in [9.17, 15) is 8.42 Å². The summed E-state index contributed by atoms with van der Waals surface area (Å²) < 4.78 is 24.7. The maximum atomic E-state index is 12.4. The predicted molar refractivity (Wildman–Crippen MR) is 85.9 cm³/mol. The van der Waals surface area contributed by atoms with Gasteiger partial charge < -0.3 is 0 Å². The largest absolute Gasteiger partial charge is 0.224 e. The van der Waals surface area contributed by atoms with E-state index in [0.29, 0.717) is 10.8 Å². The molecule has 1 aliphatic rings. The summed E-state index contributed by atoms with van der Waals surface area (Å²) in [6.45, 7) is 2.05. The number of sulfone groups is 1. The average molecular weight is 321 g/mol. The van der Waals surface area contributed by atoms with E-state index >= 15 is 0 Å². The van der Waals surface area contributed by atoms with E-state index in [1.807, 2.05) is 37.3 Å². The van der Waals surface area contributed by atoms with Gasteiger partial charge in [-0.3, -0.25) is 0 Å². The van der Waals surface area contributed by atoms with Crippen molar-refractivity contribution in [2.24, 2.45) is 0 Å². The van der Waals surface area contributed by atoms with E-state index in [2.05, 4.69) is 6.07 Å². The van der Waals surface area contributed by atoms with Gasteiger partial charge in [0.25, 0.3) is 0 Å². The molecule has 4 heteroatoms. The van der Waals surface area contributed by atoms with Gasteiger partial charge in [-0.15, -0.1) is 11.6 Å². The second-order valence-electron chi connectivity index (χ2n) is 5.54. The van der Waals surface area contributed by atoms with Crippen molar-refractivity contribution in [3.63, 3.8) is 0 Å². The van der Waals surface area contributed by atoms with Crippen molar-refractivity contribution in [2.45, 2.75) is 23.7 Å². The third-order valence-corrected chi connectivity index (χ3v) is 6.46. The van der Waals surface area contributed by atoms with Crippen molar-refractivity contribution >= 4 is 21.4 Å². The highest BCUT2D eigenvalue weighted by molar-refractivity contribution is 7.91. The molecule has 21 heavy (non-hydrogen) atoms. The van der Waals surface area contributed by atoms with Crippen molar-refractivity contribution in [3.05, 3.63) is 65.2 Å². The Morgan fingerprint density at radius 3 is 2.52 bits per heavy atom. The van der Waals surface area contributed by atoms with E-state index in [1.54, 1.807) is 12.1 Å². The SMILES string of the molecule is Cc1ccccc1C(CCl)C1CS(=O)(=O)c2ccccc21. The first-order valence-corrected chi connectivity index (χ1v) is 9.16. The summed E-state index contributed by atoms with van der Waals surface area (Å²) in [4.78, 5) is 0.471. The van der Waals surface area contributed by atoms with Crippen molar-refractivity contribution in [3.8, 4) is 0 Å². The van der Waals surface area contributed by atoms with Crippen LogP contribution in [0.3, 0.4) is 0 Å². The highest BCUT2D eigenvalue weighted by Gasteiger charge is 2.39. The molecule has 0 fully saturated rings. The first-order valence-electron chi connectivity index (χ1n) is 6.98. The van der Waals surface area contributed by atoms with Crippen molar-refractivity contribution < 1.29 is 8.42 Å². The van der Waals surface area contributed by atoms with Gasteiger partial charge in [-0.05, 0) is 29.7 Å². The Morgan fingerprint density at radius 1 is 1.14 bits per heavy atom. The second-order valence-corrected chi connectivity index (χ2v) is 7.85. The zero-order valence-corrected chi connectivity index (χ0v) is 13.4. The molecule has 1 heterocycles. The molecule has 0 saturated carbocycles. The topological polar surface area (TPSA) is 34.1 Å². The molecule has 110 valence electrons.